The maximum atomic E-state index is 14.5. The van der Waals surface area contributed by atoms with Crippen molar-refractivity contribution < 1.29 is 45.6 Å². The van der Waals surface area contributed by atoms with Crippen molar-refractivity contribution in [2.24, 2.45) is 17.8 Å². The lowest BCUT2D eigenvalue weighted by atomic mass is 9.73. The van der Waals surface area contributed by atoms with Gasteiger partial charge in [0.2, 0.25) is 5.78 Å². The Morgan fingerprint density at radius 1 is 0.667 bits per heavy atom. The van der Waals surface area contributed by atoms with Gasteiger partial charge >= 0.3 is 27.3 Å². The van der Waals surface area contributed by atoms with Crippen LogP contribution in [0.1, 0.15) is 52.6 Å². The minimum atomic E-state index is -6.16. The lowest BCUT2D eigenvalue weighted by molar-refractivity contribution is -0.150. The fourth-order valence-corrected chi connectivity index (χ4v) is 5.83. The largest absolute Gasteiger partial charge is 0.426 e. The third-order valence-electron chi connectivity index (χ3n) is 7.72. The number of ketones is 1. The van der Waals surface area contributed by atoms with Crippen molar-refractivity contribution in [3.8, 4) is 11.5 Å². The van der Waals surface area contributed by atoms with Crippen LogP contribution in [-0.2, 0) is 62.4 Å². The van der Waals surface area contributed by atoms with Crippen LogP contribution >= 0.6 is 0 Å². The number of halogens is 2. The van der Waals surface area contributed by atoms with E-state index < -0.39 is 63.7 Å². The highest BCUT2D eigenvalue weighted by Crippen LogP contribution is 2.41. The molecule has 1 aliphatic rings. The molecule has 2 aromatic rings. The third-order valence-corrected chi connectivity index (χ3v) is 8.57. The van der Waals surface area contributed by atoms with Crippen molar-refractivity contribution in [3.63, 3.8) is 0 Å². The molecule has 1 aliphatic carbocycles. The van der Waals surface area contributed by atoms with Crippen LogP contribution in [0.2, 0.25) is 0 Å². The summed E-state index contributed by atoms with van der Waals surface area (Å²) < 4.78 is 72.0. The van der Waals surface area contributed by atoms with E-state index in [0.717, 1.165) is 0 Å². The standard InChI is InChI=1S/C28H26B6F2O8S/c29-8-14-1-19(10-31)23(20(2-14)11-32)43-26(38)17-5-16(25(37)28(35,36)45(40,41)42)6-18(7-17)27(39)44-24-21(12-33)3-15(9-30)4-22(24)13-34/h1-4,16-18H,5-13H2,(H,40,41,42). The molecule has 0 aromatic heterocycles. The molecule has 2 unspecified atom stereocenters. The summed E-state index contributed by atoms with van der Waals surface area (Å²) in [6.45, 7) is 0. The van der Waals surface area contributed by atoms with Crippen LogP contribution in [0.25, 0.3) is 0 Å². The second kappa shape index (κ2) is 15.2. The van der Waals surface area contributed by atoms with Gasteiger partial charge in [-0.25, -0.2) is 0 Å². The number of hydrogen-bond donors (Lipinski definition) is 1. The Labute approximate surface area is 269 Å². The van der Waals surface area contributed by atoms with Crippen molar-refractivity contribution in [3.05, 3.63) is 57.6 Å². The smallest absolute Gasteiger partial charge is 0.426 e. The number of rotatable bonds is 13. The first kappa shape index (κ1) is 36.7. The molecular weight excluding hydrogens is 599 g/mol. The molecule has 0 spiro atoms. The van der Waals surface area contributed by atoms with Crippen LogP contribution in [-0.4, -0.2) is 83.0 Å². The van der Waals surface area contributed by atoms with E-state index in [1.165, 1.54) is 0 Å². The van der Waals surface area contributed by atoms with Crippen molar-refractivity contribution >= 4 is 74.9 Å². The molecular formula is C28H26B6F2O8S. The molecule has 0 bridgehead atoms. The minimum absolute atomic E-state index is 0.0122. The highest BCUT2D eigenvalue weighted by molar-refractivity contribution is 7.87. The maximum absolute atomic E-state index is 14.5. The van der Waals surface area contributed by atoms with E-state index in [2.05, 4.69) is 0 Å². The summed E-state index contributed by atoms with van der Waals surface area (Å²) in [7, 11) is 28.6. The molecule has 45 heavy (non-hydrogen) atoms. The van der Waals surface area contributed by atoms with Gasteiger partial charge in [-0.15, -0.1) is 0 Å². The monoisotopic (exact) mass is 626 g/mol. The summed E-state index contributed by atoms with van der Waals surface area (Å²) in [5.41, 5.74) is 2.79. The predicted octanol–water partition coefficient (Wildman–Crippen LogP) is 1.29. The number of Topliss-reactive ketones (excluding diaryl/α,β-unsaturated/α-hetero) is 1. The molecule has 224 valence electrons. The summed E-state index contributed by atoms with van der Waals surface area (Å²) in [4.78, 5) is 39.7. The van der Waals surface area contributed by atoms with Gasteiger partial charge in [-0.3, -0.25) is 18.9 Å². The van der Waals surface area contributed by atoms with Gasteiger partial charge in [-0.05, 0) is 41.5 Å². The number of ether oxygens (including phenoxy) is 2. The summed E-state index contributed by atoms with van der Waals surface area (Å²) in [5.74, 6) is -8.78. The Morgan fingerprint density at radius 3 is 1.24 bits per heavy atom. The molecule has 2 atom stereocenters. The number of benzene rings is 2. The Kier molecular flexibility index (Phi) is 12.4. The number of carbonyl (C=O) groups is 3. The molecule has 1 N–H and O–H groups in total. The number of esters is 2. The van der Waals surface area contributed by atoms with E-state index in [1.807, 2.05) is 0 Å². The van der Waals surface area contributed by atoms with Crippen LogP contribution in [0.5, 0.6) is 11.5 Å². The minimum Gasteiger partial charge on any atom is -0.426 e. The normalized spacial score (nSPS) is 18.7. The highest BCUT2D eigenvalue weighted by atomic mass is 32.2. The Bertz CT molecular complexity index is 1420. The molecule has 3 rings (SSSR count). The zero-order chi connectivity index (χ0) is 33.7. The van der Waals surface area contributed by atoms with Gasteiger partial charge in [-0.2, -0.15) is 17.2 Å². The van der Waals surface area contributed by atoms with E-state index in [1.54, 1.807) is 24.3 Å². The van der Waals surface area contributed by atoms with Crippen LogP contribution < -0.4 is 9.47 Å². The summed E-state index contributed by atoms with van der Waals surface area (Å²) >= 11 is 0. The van der Waals surface area contributed by atoms with Crippen LogP contribution in [0.15, 0.2) is 24.3 Å². The Balaban J connectivity index is 2.01. The molecule has 0 saturated heterocycles. The average molecular weight is 625 g/mol. The highest BCUT2D eigenvalue weighted by Gasteiger charge is 2.56. The lowest BCUT2D eigenvalue weighted by Crippen LogP contribution is -2.46. The Morgan fingerprint density at radius 2 is 0.978 bits per heavy atom. The topological polar surface area (TPSA) is 124 Å². The molecule has 2 aromatic carbocycles. The molecule has 1 saturated carbocycles. The Hall–Kier alpha value is -2.79. The molecule has 0 amide bonds. The van der Waals surface area contributed by atoms with Gasteiger partial charge in [0.15, 0.2) is 0 Å². The fraction of sp³-hybridized carbons (Fsp3) is 0.464. The average Bonchev–Trinajstić information content (AvgIpc) is 3.03. The van der Waals surface area contributed by atoms with Gasteiger partial charge in [0, 0.05) is 5.92 Å². The first-order chi connectivity index (χ1) is 21.1. The van der Waals surface area contributed by atoms with Crippen molar-refractivity contribution in [2.75, 3.05) is 0 Å². The van der Waals surface area contributed by atoms with Crippen LogP contribution in [0, 0.1) is 17.8 Å². The molecule has 0 heterocycles. The van der Waals surface area contributed by atoms with E-state index >= 15 is 0 Å². The van der Waals surface area contributed by atoms with Crippen molar-refractivity contribution in [1.29, 1.82) is 0 Å². The van der Waals surface area contributed by atoms with Gasteiger partial charge in [-0.1, -0.05) is 73.3 Å². The second-order valence-electron chi connectivity index (χ2n) is 10.7. The SMILES string of the molecule is [B]Cc1cc(C[B])c(OC(=O)C2CC(C(=O)Oc3c(C[B])cc(C[B])cc3C[B])CC(C(=O)C(F)(F)S(=O)(=O)O)C2)c(C[B])c1. The maximum Gasteiger partial charge on any atom is 0.426 e. The van der Waals surface area contributed by atoms with E-state index in [-0.39, 0.29) is 55.8 Å². The number of carbonyl (C=O) groups excluding carboxylic acids is 3. The van der Waals surface area contributed by atoms with Gasteiger partial charge in [0.1, 0.15) is 11.5 Å². The van der Waals surface area contributed by atoms with Gasteiger partial charge < -0.3 is 9.47 Å². The lowest BCUT2D eigenvalue weighted by Gasteiger charge is -2.33. The molecule has 12 radical (unpaired) electrons. The summed E-state index contributed by atoms with van der Waals surface area (Å²) in [5, 5.41) is -5.20. The van der Waals surface area contributed by atoms with Crippen molar-refractivity contribution in [2.45, 2.75) is 62.4 Å². The van der Waals surface area contributed by atoms with Gasteiger partial charge in [0.05, 0.1) is 58.9 Å². The first-order valence-electron chi connectivity index (χ1n) is 14.0. The third kappa shape index (κ3) is 8.14. The predicted molar refractivity (Wildman–Crippen MR) is 167 cm³/mol. The zero-order valence-electron chi connectivity index (χ0n) is 24.3. The molecule has 17 heteroatoms. The fourth-order valence-electron chi connectivity index (χ4n) is 5.41. The number of alkyl halides is 2. The van der Waals surface area contributed by atoms with E-state index in [0.29, 0.717) is 33.4 Å². The molecule has 8 nitrogen and oxygen atoms in total. The number of hydrogen-bond acceptors (Lipinski definition) is 7. The van der Waals surface area contributed by atoms with Gasteiger partial charge in [0.25, 0.3) is 0 Å². The molecule has 1 fully saturated rings. The summed E-state index contributed by atoms with van der Waals surface area (Å²) in [6, 6.07) is 6.40. The van der Waals surface area contributed by atoms with E-state index in [9.17, 15) is 31.6 Å². The van der Waals surface area contributed by atoms with Crippen LogP contribution in [0.3, 0.4) is 0 Å². The first-order valence-corrected chi connectivity index (χ1v) is 15.4. The van der Waals surface area contributed by atoms with E-state index in [4.69, 9.17) is 61.1 Å². The summed E-state index contributed by atoms with van der Waals surface area (Å²) in [6.07, 6.45) is -1.60. The van der Waals surface area contributed by atoms with Crippen molar-refractivity contribution in [1.82, 2.24) is 0 Å². The zero-order valence-corrected chi connectivity index (χ0v) is 25.2. The second-order valence-corrected chi connectivity index (χ2v) is 12.2. The quantitative estimate of drug-likeness (QED) is 0.153. The van der Waals surface area contributed by atoms with Crippen LogP contribution in [0.4, 0.5) is 8.78 Å². The molecule has 0 aliphatic heterocycles.